The number of nitrogen functional groups attached to an aromatic ring is 1. The lowest BCUT2D eigenvalue weighted by atomic mass is 10.1. The predicted molar refractivity (Wildman–Crippen MR) is 262 cm³/mol. The summed E-state index contributed by atoms with van der Waals surface area (Å²) in [6.07, 6.45) is 0. The minimum Gasteiger partial charge on any atom is -0.505 e. The van der Waals surface area contributed by atoms with Crippen molar-refractivity contribution in [2.45, 2.75) is 30.2 Å². The number of aliphatic hydroxyl groups is 1. The Morgan fingerprint density at radius 2 is 1.14 bits per heavy atom. The van der Waals surface area contributed by atoms with E-state index in [4.69, 9.17) is 15.3 Å². The van der Waals surface area contributed by atoms with Gasteiger partial charge in [-0.15, -0.1) is 15.3 Å². The third-order valence-electron chi connectivity index (χ3n) is 10.6. The Balaban J connectivity index is 0.945. The van der Waals surface area contributed by atoms with E-state index < -0.39 is 36.6 Å². The number of nitrogens with zero attached hydrogens (tertiary/aromatic N) is 8. The maximum atomic E-state index is 12.2. The molecule has 8 aromatic carbocycles. The van der Waals surface area contributed by atoms with Crippen LogP contribution >= 0.6 is 0 Å². The Morgan fingerprint density at radius 1 is 0.557 bits per heavy atom. The number of rotatable bonds is 15. The number of benzene rings is 8. The van der Waals surface area contributed by atoms with Gasteiger partial charge in [0.2, 0.25) is 0 Å². The molecule has 0 aliphatic rings. The number of anilines is 2. The van der Waals surface area contributed by atoms with Crippen LogP contribution in [-0.4, -0.2) is 43.3 Å². The molecule has 8 rings (SSSR count). The second-order valence-electron chi connectivity index (χ2n) is 15.4. The number of aryl methyl sites for hydroxylation is 2. The van der Waals surface area contributed by atoms with Crippen LogP contribution in [0.15, 0.2) is 184 Å². The number of phenolic OH excluding ortho intramolecular Hbond substituents is 1. The van der Waals surface area contributed by atoms with Crippen LogP contribution < -0.4 is 20.8 Å². The van der Waals surface area contributed by atoms with Crippen LogP contribution in [0.4, 0.5) is 56.9 Å². The molecule has 20 nitrogen and oxygen atoms in total. The van der Waals surface area contributed by atoms with Gasteiger partial charge >= 0.3 is 0 Å². The van der Waals surface area contributed by atoms with E-state index >= 15 is 0 Å². The van der Waals surface area contributed by atoms with E-state index in [0.29, 0.717) is 67.8 Å². The molecule has 0 aliphatic heterocycles. The number of nitrogens with one attached hydrogen (secondary N) is 1. The van der Waals surface area contributed by atoms with Crippen molar-refractivity contribution < 1.29 is 45.7 Å². The number of ether oxygens (including phenoxy) is 1. The van der Waals surface area contributed by atoms with Gasteiger partial charge in [0, 0.05) is 28.1 Å². The number of nitrogens with two attached hydrogens (primary N) is 1. The Hall–Kier alpha value is -8.54. The Morgan fingerprint density at radius 3 is 1.77 bits per heavy atom. The summed E-state index contributed by atoms with van der Waals surface area (Å²) in [7, 11) is -8.04. The molecule has 0 heterocycles. The van der Waals surface area contributed by atoms with Crippen LogP contribution in [0, 0.1) is 13.8 Å². The minimum atomic E-state index is -4.81. The molecule has 70 heavy (non-hydrogen) atoms. The summed E-state index contributed by atoms with van der Waals surface area (Å²) in [5.41, 5.74) is 13.8. The first kappa shape index (κ1) is 47.9. The SMILES string of the molecule is COc1cc(N=Nc2ccc(N=Nc3ccc(N=Nc4cc5c(S(=O)(=O)O)cccc5cc4S(=O)(=O)O)c(C)c3)c(C)c2)c(CO)cc1N=Nc1ccc2cc(NOc3ccc(N)cc3)ccc2c1O. The maximum absolute atomic E-state index is 12.2. The topological polar surface area (TPSA) is 305 Å². The Kier molecular flexibility index (Phi) is 13.7. The molecule has 0 saturated carbocycles. The molecular weight excluding hydrogens is 941 g/mol. The molecule has 0 saturated heterocycles. The Bertz CT molecular complexity index is 3700. The number of hydrogen-bond donors (Lipinski definition) is 6. The molecule has 0 amide bonds. The first-order valence-electron chi connectivity index (χ1n) is 20.7. The summed E-state index contributed by atoms with van der Waals surface area (Å²) in [6.45, 7) is 3.13. The fraction of sp³-hybridized carbons (Fsp3) is 0.0833. The largest absolute Gasteiger partial charge is 0.505 e. The molecule has 22 heteroatoms. The normalized spacial score (nSPS) is 12.3. The molecule has 0 spiro atoms. The average molecular weight is 981 g/mol. The van der Waals surface area contributed by atoms with E-state index in [-0.39, 0.29) is 33.6 Å². The van der Waals surface area contributed by atoms with Crippen LogP contribution in [0.25, 0.3) is 21.5 Å². The number of azo groups is 4. The fourth-order valence-electron chi connectivity index (χ4n) is 7.00. The zero-order chi connectivity index (χ0) is 49.7. The molecular formula is C48H40N10O10S2. The summed E-state index contributed by atoms with van der Waals surface area (Å²) < 4.78 is 73.6. The van der Waals surface area contributed by atoms with Crippen molar-refractivity contribution in [3.8, 4) is 17.2 Å². The molecule has 0 bridgehead atoms. The number of hydrogen-bond acceptors (Lipinski definition) is 18. The highest BCUT2D eigenvalue weighted by Crippen LogP contribution is 2.41. The van der Waals surface area contributed by atoms with Gasteiger partial charge < -0.3 is 25.5 Å². The zero-order valence-corrected chi connectivity index (χ0v) is 38.8. The Labute approximate surface area is 399 Å². The molecule has 7 N–H and O–H groups in total. The van der Waals surface area contributed by atoms with Gasteiger partial charge in [-0.1, -0.05) is 18.2 Å². The van der Waals surface area contributed by atoms with E-state index in [0.717, 1.165) is 29.1 Å². The number of aliphatic hydroxyl groups excluding tert-OH is 1. The van der Waals surface area contributed by atoms with Crippen molar-refractivity contribution in [1.29, 1.82) is 0 Å². The van der Waals surface area contributed by atoms with Gasteiger partial charge in [0.05, 0.1) is 47.8 Å². The van der Waals surface area contributed by atoms with Crippen LogP contribution in [0.2, 0.25) is 0 Å². The predicted octanol–water partition coefficient (Wildman–Crippen LogP) is 13.0. The van der Waals surface area contributed by atoms with Crippen LogP contribution in [0.5, 0.6) is 17.2 Å². The van der Waals surface area contributed by atoms with Gasteiger partial charge in [0.1, 0.15) is 32.6 Å². The van der Waals surface area contributed by atoms with Crippen molar-refractivity contribution in [1.82, 2.24) is 0 Å². The summed E-state index contributed by atoms with van der Waals surface area (Å²) in [5.74, 6) is 0.779. The fourth-order valence-corrected chi connectivity index (χ4v) is 8.35. The molecule has 0 aromatic heterocycles. The average Bonchev–Trinajstić information content (AvgIpc) is 3.33. The minimum absolute atomic E-state index is 0.0256. The second-order valence-corrected chi connectivity index (χ2v) is 18.2. The van der Waals surface area contributed by atoms with Gasteiger partial charge in [-0.3, -0.25) is 9.11 Å². The third-order valence-corrected chi connectivity index (χ3v) is 12.4. The highest BCUT2D eigenvalue weighted by atomic mass is 32.2. The number of fused-ring (bicyclic) bond motifs is 2. The van der Waals surface area contributed by atoms with Crippen molar-refractivity contribution in [2.75, 3.05) is 18.3 Å². The van der Waals surface area contributed by atoms with E-state index in [9.17, 15) is 36.2 Å². The number of aromatic hydroxyl groups is 1. The van der Waals surface area contributed by atoms with Crippen molar-refractivity contribution in [3.63, 3.8) is 0 Å². The molecule has 0 aliphatic carbocycles. The molecule has 0 unspecified atom stereocenters. The zero-order valence-electron chi connectivity index (χ0n) is 37.1. The van der Waals surface area contributed by atoms with Gasteiger partial charge in [-0.2, -0.15) is 42.4 Å². The summed E-state index contributed by atoms with van der Waals surface area (Å²) in [5, 5.41) is 56.9. The van der Waals surface area contributed by atoms with Gasteiger partial charge in [-0.25, -0.2) is 5.48 Å². The smallest absolute Gasteiger partial charge is 0.296 e. The van der Waals surface area contributed by atoms with Gasteiger partial charge in [0.25, 0.3) is 20.2 Å². The highest BCUT2D eigenvalue weighted by Gasteiger charge is 2.21. The van der Waals surface area contributed by atoms with Crippen molar-refractivity contribution >= 4 is 98.7 Å². The lowest BCUT2D eigenvalue weighted by Crippen LogP contribution is -2.04. The number of phenols is 1. The van der Waals surface area contributed by atoms with Crippen molar-refractivity contribution in [2.24, 2.45) is 40.9 Å². The lowest BCUT2D eigenvalue weighted by molar-refractivity contribution is 0.282. The van der Waals surface area contributed by atoms with Crippen molar-refractivity contribution in [3.05, 3.63) is 150 Å². The van der Waals surface area contributed by atoms with E-state index in [1.807, 2.05) is 13.0 Å². The maximum Gasteiger partial charge on any atom is 0.296 e. The first-order valence-corrected chi connectivity index (χ1v) is 23.6. The molecule has 0 radical (unpaired) electrons. The summed E-state index contributed by atoms with van der Waals surface area (Å²) in [6, 6.07) is 34.7. The number of methoxy groups -OCH3 is 1. The van der Waals surface area contributed by atoms with E-state index in [1.165, 1.54) is 19.2 Å². The quantitative estimate of drug-likeness (QED) is 0.0242. The second kappa shape index (κ2) is 20.0. The lowest BCUT2D eigenvalue weighted by Gasteiger charge is -2.11. The van der Waals surface area contributed by atoms with Crippen LogP contribution in [0.3, 0.4) is 0 Å². The highest BCUT2D eigenvalue weighted by molar-refractivity contribution is 7.86. The van der Waals surface area contributed by atoms with E-state index in [2.05, 4.69) is 46.4 Å². The van der Waals surface area contributed by atoms with E-state index in [1.54, 1.807) is 104 Å². The molecule has 354 valence electrons. The third kappa shape index (κ3) is 10.9. The van der Waals surface area contributed by atoms with Gasteiger partial charge in [-0.05, 0) is 145 Å². The monoisotopic (exact) mass is 980 g/mol. The van der Waals surface area contributed by atoms with Crippen LogP contribution in [-0.2, 0) is 26.8 Å². The van der Waals surface area contributed by atoms with Gasteiger partial charge in [0.15, 0.2) is 11.5 Å². The summed E-state index contributed by atoms with van der Waals surface area (Å²) in [4.78, 5) is 4.53. The summed E-state index contributed by atoms with van der Waals surface area (Å²) >= 11 is 0. The first-order chi connectivity index (χ1) is 33.5. The molecule has 0 atom stereocenters. The van der Waals surface area contributed by atoms with Crippen LogP contribution in [0.1, 0.15) is 16.7 Å². The molecule has 0 fully saturated rings. The standard InChI is InChI=1S/C48H40N10O10S2/c1-27-19-34(11-17-39(27)52-50-33-12-18-40(28(2)20-33)53-57-44-24-38-29(23-47(44)70(64,65)66)5-4-6-46(38)69(61,62)63)51-55-42-25-45(67-3)43(22-31(42)26-59)56-54-41-16-7-30-21-35(10-15-37(30)48(41)60)58-68-36-13-8-32(49)9-14-36/h4-25,58-60H,26,49H2,1-3H3,(H,61,62,63)(H,64,65,66). The molecule has 8 aromatic rings.